The summed E-state index contributed by atoms with van der Waals surface area (Å²) in [7, 11) is 0. The summed E-state index contributed by atoms with van der Waals surface area (Å²) in [5.74, 6) is 0.295. The van der Waals surface area contributed by atoms with Gasteiger partial charge in [-0.05, 0) is 44.4 Å². The van der Waals surface area contributed by atoms with Gasteiger partial charge in [-0.3, -0.25) is 9.69 Å². The zero-order valence-electron chi connectivity index (χ0n) is 12.8. The van der Waals surface area contributed by atoms with Gasteiger partial charge in [0.15, 0.2) is 0 Å². The number of aliphatic carboxylic acids is 1. The smallest absolute Gasteiger partial charge is 0.308 e. The first-order valence-corrected chi connectivity index (χ1v) is 8.71. The van der Waals surface area contributed by atoms with E-state index in [9.17, 15) is 9.90 Å². The highest BCUT2D eigenvalue weighted by Crippen LogP contribution is 2.45. The largest absolute Gasteiger partial charge is 0.481 e. The summed E-state index contributed by atoms with van der Waals surface area (Å²) in [6.07, 6.45) is 12.7. The van der Waals surface area contributed by atoms with Crippen LogP contribution in [0.1, 0.15) is 71.1 Å². The average Bonchev–Trinajstić information content (AvgIpc) is 2.91. The summed E-state index contributed by atoms with van der Waals surface area (Å²) in [5, 5.41) is 9.39. The number of rotatable bonds is 4. The van der Waals surface area contributed by atoms with Gasteiger partial charge < -0.3 is 5.11 Å². The SMILES string of the molecule is CCCC1CCCC(N2C3CCC2C(C(=O)O)C3)CC1. The van der Waals surface area contributed by atoms with Gasteiger partial charge in [-0.1, -0.05) is 32.6 Å². The van der Waals surface area contributed by atoms with Gasteiger partial charge in [0, 0.05) is 18.1 Å². The Balaban J connectivity index is 1.63. The van der Waals surface area contributed by atoms with E-state index < -0.39 is 5.97 Å². The highest BCUT2D eigenvalue weighted by Gasteiger charge is 2.51. The van der Waals surface area contributed by atoms with Crippen molar-refractivity contribution in [1.29, 1.82) is 0 Å². The molecule has 2 bridgehead atoms. The van der Waals surface area contributed by atoms with Crippen LogP contribution in [0.3, 0.4) is 0 Å². The van der Waals surface area contributed by atoms with Crippen molar-refractivity contribution in [2.75, 3.05) is 0 Å². The van der Waals surface area contributed by atoms with Crippen LogP contribution >= 0.6 is 0 Å². The predicted molar refractivity (Wildman–Crippen MR) is 79.7 cm³/mol. The molecule has 3 fully saturated rings. The molecule has 2 heterocycles. The minimum Gasteiger partial charge on any atom is -0.481 e. The molecule has 5 atom stereocenters. The molecule has 0 radical (unpaired) electrons. The minimum absolute atomic E-state index is 0.0801. The van der Waals surface area contributed by atoms with Crippen LogP contribution in [0.5, 0.6) is 0 Å². The average molecular weight is 279 g/mol. The van der Waals surface area contributed by atoms with Crippen LogP contribution in [0.25, 0.3) is 0 Å². The number of carboxylic acid groups (broad SMARTS) is 1. The number of carboxylic acids is 1. The summed E-state index contributed by atoms with van der Waals surface area (Å²) in [5.41, 5.74) is 0. The number of nitrogens with zero attached hydrogens (tertiary/aromatic N) is 1. The molecule has 1 saturated carbocycles. The first-order chi connectivity index (χ1) is 9.70. The fraction of sp³-hybridized carbons (Fsp3) is 0.941. The lowest BCUT2D eigenvalue weighted by Crippen LogP contribution is -2.40. The van der Waals surface area contributed by atoms with E-state index in [4.69, 9.17) is 0 Å². The molecule has 20 heavy (non-hydrogen) atoms. The Hall–Kier alpha value is -0.570. The molecule has 2 aliphatic heterocycles. The lowest BCUT2D eigenvalue weighted by Gasteiger charge is -2.32. The third-order valence-electron chi connectivity index (χ3n) is 6.08. The molecule has 0 aromatic rings. The lowest BCUT2D eigenvalue weighted by atomic mass is 9.89. The van der Waals surface area contributed by atoms with Crippen molar-refractivity contribution in [3.8, 4) is 0 Å². The summed E-state index contributed by atoms with van der Waals surface area (Å²) in [6, 6.07) is 1.61. The maximum atomic E-state index is 11.4. The van der Waals surface area contributed by atoms with Crippen LogP contribution < -0.4 is 0 Å². The first-order valence-electron chi connectivity index (χ1n) is 8.71. The van der Waals surface area contributed by atoms with Crippen LogP contribution in [-0.4, -0.2) is 34.1 Å². The molecule has 0 aromatic carbocycles. The van der Waals surface area contributed by atoms with Crippen molar-refractivity contribution >= 4 is 5.97 Å². The van der Waals surface area contributed by atoms with Crippen molar-refractivity contribution < 1.29 is 9.90 Å². The zero-order chi connectivity index (χ0) is 14.1. The molecular formula is C17H29NO2. The summed E-state index contributed by atoms with van der Waals surface area (Å²) in [6.45, 7) is 2.29. The number of hydrogen-bond donors (Lipinski definition) is 1. The van der Waals surface area contributed by atoms with Crippen LogP contribution in [0.15, 0.2) is 0 Å². The third kappa shape index (κ3) is 2.61. The van der Waals surface area contributed by atoms with Crippen LogP contribution in [0, 0.1) is 11.8 Å². The summed E-state index contributed by atoms with van der Waals surface area (Å²) < 4.78 is 0. The van der Waals surface area contributed by atoms with Crippen molar-refractivity contribution in [2.24, 2.45) is 11.8 Å². The molecule has 5 unspecified atom stereocenters. The molecule has 3 nitrogen and oxygen atoms in total. The van der Waals surface area contributed by atoms with Gasteiger partial charge in [-0.15, -0.1) is 0 Å². The topological polar surface area (TPSA) is 40.5 Å². The van der Waals surface area contributed by atoms with Gasteiger partial charge in [0.25, 0.3) is 0 Å². The molecule has 2 saturated heterocycles. The van der Waals surface area contributed by atoms with Gasteiger partial charge in [0.1, 0.15) is 0 Å². The van der Waals surface area contributed by atoms with Gasteiger partial charge in [-0.25, -0.2) is 0 Å². The van der Waals surface area contributed by atoms with Crippen molar-refractivity contribution in [2.45, 2.75) is 89.3 Å². The van der Waals surface area contributed by atoms with E-state index in [0.29, 0.717) is 18.1 Å². The van der Waals surface area contributed by atoms with E-state index in [1.807, 2.05) is 0 Å². The lowest BCUT2D eigenvalue weighted by molar-refractivity contribution is -0.142. The van der Waals surface area contributed by atoms with Crippen molar-refractivity contribution in [3.63, 3.8) is 0 Å². The maximum absolute atomic E-state index is 11.4. The van der Waals surface area contributed by atoms with E-state index in [1.165, 1.54) is 51.4 Å². The Bertz CT molecular complexity index is 357. The zero-order valence-corrected chi connectivity index (χ0v) is 12.8. The molecule has 1 aliphatic carbocycles. The molecule has 3 aliphatic rings. The fourth-order valence-electron chi connectivity index (χ4n) is 5.22. The Labute approximate surface area is 122 Å². The van der Waals surface area contributed by atoms with Gasteiger partial charge >= 0.3 is 5.97 Å². The molecular weight excluding hydrogens is 250 g/mol. The molecule has 0 spiro atoms. The second-order valence-electron chi connectivity index (χ2n) is 7.24. The number of fused-ring (bicyclic) bond motifs is 2. The molecule has 0 amide bonds. The summed E-state index contributed by atoms with van der Waals surface area (Å²) in [4.78, 5) is 14.0. The van der Waals surface area contributed by atoms with Gasteiger partial charge in [-0.2, -0.15) is 0 Å². The van der Waals surface area contributed by atoms with Crippen LogP contribution in [0.2, 0.25) is 0 Å². The third-order valence-corrected chi connectivity index (χ3v) is 6.08. The second kappa shape index (κ2) is 6.05. The number of carbonyl (C=O) groups is 1. The molecule has 3 rings (SSSR count). The quantitative estimate of drug-likeness (QED) is 0.798. The van der Waals surface area contributed by atoms with E-state index >= 15 is 0 Å². The highest BCUT2D eigenvalue weighted by molar-refractivity contribution is 5.71. The van der Waals surface area contributed by atoms with E-state index in [0.717, 1.165) is 18.8 Å². The number of hydrogen-bond acceptors (Lipinski definition) is 2. The standard InChI is InChI=1S/C17H29NO2/c1-2-4-12-5-3-6-13(8-7-12)18-14-9-10-16(18)15(11-14)17(19)20/h12-16H,2-11H2,1H3,(H,19,20). The molecule has 3 heteroatoms. The molecule has 114 valence electrons. The Morgan fingerprint density at radius 1 is 1.10 bits per heavy atom. The van der Waals surface area contributed by atoms with Crippen LogP contribution in [0.4, 0.5) is 0 Å². The molecule has 0 aromatic heterocycles. The van der Waals surface area contributed by atoms with E-state index in [-0.39, 0.29) is 5.92 Å². The second-order valence-corrected chi connectivity index (χ2v) is 7.24. The Kier molecular flexibility index (Phi) is 4.34. The van der Waals surface area contributed by atoms with E-state index in [2.05, 4.69) is 11.8 Å². The Morgan fingerprint density at radius 2 is 1.90 bits per heavy atom. The monoisotopic (exact) mass is 279 g/mol. The normalized spacial score (nSPS) is 41.8. The first kappa shape index (κ1) is 14.4. The van der Waals surface area contributed by atoms with Crippen molar-refractivity contribution in [1.82, 2.24) is 4.90 Å². The van der Waals surface area contributed by atoms with Gasteiger partial charge in [0.2, 0.25) is 0 Å². The highest BCUT2D eigenvalue weighted by atomic mass is 16.4. The van der Waals surface area contributed by atoms with E-state index in [1.54, 1.807) is 0 Å². The summed E-state index contributed by atoms with van der Waals surface area (Å²) >= 11 is 0. The Morgan fingerprint density at radius 3 is 2.60 bits per heavy atom. The van der Waals surface area contributed by atoms with Crippen molar-refractivity contribution in [3.05, 3.63) is 0 Å². The predicted octanol–water partition coefficient (Wildman–Crippen LogP) is 3.67. The van der Waals surface area contributed by atoms with Crippen LogP contribution in [-0.2, 0) is 4.79 Å². The maximum Gasteiger partial charge on any atom is 0.308 e. The molecule has 1 N–H and O–H groups in total. The minimum atomic E-state index is -0.556. The fourth-order valence-corrected chi connectivity index (χ4v) is 5.22. The van der Waals surface area contributed by atoms with Gasteiger partial charge in [0.05, 0.1) is 5.92 Å².